The third-order valence-electron chi connectivity index (χ3n) is 5.06. The van der Waals surface area contributed by atoms with E-state index in [4.69, 9.17) is 0 Å². The Morgan fingerprint density at radius 1 is 1.28 bits per heavy atom. The van der Waals surface area contributed by atoms with Gasteiger partial charge < -0.3 is 14.8 Å². The van der Waals surface area contributed by atoms with E-state index in [1.807, 2.05) is 31.3 Å². The average molecular weight is 341 g/mol. The Balaban J connectivity index is 1.52. The summed E-state index contributed by atoms with van der Waals surface area (Å²) in [5.74, 6) is 1.26. The van der Waals surface area contributed by atoms with E-state index in [1.54, 1.807) is 11.0 Å². The normalized spacial score (nSPS) is 20.1. The Labute approximate surface area is 146 Å². The zero-order valence-electron chi connectivity index (χ0n) is 14.6. The maximum Gasteiger partial charge on any atom is 0.255 e. The lowest BCUT2D eigenvalue weighted by Crippen LogP contribution is -2.29. The molecule has 25 heavy (non-hydrogen) atoms. The number of carbonyl (C=O) groups is 1. The zero-order chi connectivity index (χ0) is 17.6. The third-order valence-corrected chi connectivity index (χ3v) is 5.06. The topological polar surface area (TPSA) is 85.1 Å². The molecular formula is C18H23N5O2. The number of amides is 1. The van der Waals surface area contributed by atoms with Crippen molar-refractivity contribution in [3.8, 4) is 0 Å². The first-order valence-electron chi connectivity index (χ1n) is 8.78. The summed E-state index contributed by atoms with van der Waals surface area (Å²) in [7, 11) is 3.69. The Morgan fingerprint density at radius 2 is 2.08 bits per heavy atom. The molecule has 2 N–H and O–H groups in total. The van der Waals surface area contributed by atoms with Crippen LogP contribution in [-0.2, 0) is 0 Å². The maximum absolute atomic E-state index is 12.9. The van der Waals surface area contributed by atoms with Gasteiger partial charge in [-0.15, -0.1) is 0 Å². The van der Waals surface area contributed by atoms with Gasteiger partial charge in [0.1, 0.15) is 0 Å². The number of hydrogen-bond donors (Lipinski definition) is 2. The average Bonchev–Trinajstić information content (AvgIpc) is 3.12. The second-order valence-corrected chi connectivity index (χ2v) is 7.20. The summed E-state index contributed by atoms with van der Waals surface area (Å²) in [6.07, 6.45) is 5.01. The molecule has 2 fully saturated rings. The van der Waals surface area contributed by atoms with Crippen LogP contribution in [0.2, 0.25) is 0 Å². The molecule has 1 aliphatic heterocycles. The molecule has 0 radical (unpaired) electrons. The quantitative estimate of drug-likeness (QED) is 0.886. The van der Waals surface area contributed by atoms with Gasteiger partial charge in [0.15, 0.2) is 0 Å². The van der Waals surface area contributed by atoms with Crippen molar-refractivity contribution in [3.63, 3.8) is 0 Å². The summed E-state index contributed by atoms with van der Waals surface area (Å²) >= 11 is 0. The summed E-state index contributed by atoms with van der Waals surface area (Å²) in [5, 5.41) is 0. The molecule has 7 heteroatoms. The standard InChI is InChI=1S/C18H23N5O2/c1-22(2)18-20-14(9-15(24)21-18)12-6-8-23(10-12)17(25)13-5-7-19-16(13)11-3-4-11/h5,7,9,11-12,19H,3-4,6,8,10H2,1-2H3,(H,20,21,24). The Hall–Kier alpha value is -2.57. The Morgan fingerprint density at radius 3 is 2.80 bits per heavy atom. The van der Waals surface area contributed by atoms with E-state index in [0.29, 0.717) is 25.0 Å². The molecule has 1 saturated heterocycles. The summed E-state index contributed by atoms with van der Waals surface area (Å²) in [6.45, 7) is 1.31. The smallest absolute Gasteiger partial charge is 0.255 e. The highest BCUT2D eigenvalue weighted by Gasteiger charge is 2.34. The van der Waals surface area contributed by atoms with Gasteiger partial charge in [-0.3, -0.25) is 14.6 Å². The predicted molar refractivity (Wildman–Crippen MR) is 95.2 cm³/mol. The van der Waals surface area contributed by atoms with Crippen molar-refractivity contribution < 1.29 is 4.79 Å². The van der Waals surface area contributed by atoms with Crippen molar-refractivity contribution in [2.45, 2.75) is 31.1 Å². The van der Waals surface area contributed by atoms with Crippen molar-refractivity contribution in [1.29, 1.82) is 0 Å². The molecule has 2 aromatic heterocycles. The first-order chi connectivity index (χ1) is 12.0. The number of aromatic amines is 2. The lowest BCUT2D eigenvalue weighted by molar-refractivity contribution is 0.0789. The van der Waals surface area contributed by atoms with Gasteiger partial charge in [0.2, 0.25) is 5.95 Å². The molecular weight excluding hydrogens is 318 g/mol. The number of carbonyl (C=O) groups excluding carboxylic acids is 1. The first-order valence-corrected chi connectivity index (χ1v) is 8.78. The number of nitrogens with one attached hydrogen (secondary N) is 2. The molecule has 1 saturated carbocycles. The van der Waals surface area contributed by atoms with Crippen LogP contribution in [-0.4, -0.2) is 52.9 Å². The van der Waals surface area contributed by atoms with Crippen molar-refractivity contribution in [1.82, 2.24) is 19.9 Å². The number of aromatic nitrogens is 3. The molecule has 3 heterocycles. The van der Waals surface area contributed by atoms with E-state index in [-0.39, 0.29) is 17.4 Å². The fourth-order valence-electron chi connectivity index (χ4n) is 3.52. The SMILES string of the molecule is CN(C)c1nc(C2CCN(C(=O)c3cc[nH]c3C3CC3)C2)cc(=O)[nH]1. The van der Waals surface area contributed by atoms with E-state index < -0.39 is 0 Å². The van der Waals surface area contributed by atoms with Crippen LogP contribution in [0.3, 0.4) is 0 Å². The van der Waals surface area contributed by atoms with Crippen molar-refractivity contribution in [2.24, 2.45) is 0 Å². The number of nitrogens with zero attached hydrogens (tertiary/aromatic N) is 3. The molecule has 4 rings (SSSR count). The van der Waals surface area contributed by atoms with Crippen LogP contribution in [0, 0.1) is 0 Å². The minimum atomic E-state index is -0.153. The van der Waals surface area contributed by atoms with Crippen LogP contribution in [0.5, 0.6) is 0 Å². The van der Waals surface area contributed by atoms with E-state index in [2.05, 4.69) is 15.0 Å². The summed E-state index contributed by atoms with van der Waals surface area (Å²) in [6, 6.07) is 3.44. The first kappa shape index (κ1) is 15.9. The third kappa shape index (κ3) is 3.06. The largest absolute Gasteiger partial charge is 0.364 e. The Kier molecular flexibility index (Phi) is 3.86. The highest BCUT2D eigenvalue weighted by atomic mass is 16.2. The molecule has 0 aromatic carbocycles. The number of H-pyrrole nitrogens is 2. The fourth-order valence-corrected chi connectivity index (χ4v) is 3.52. The molecule has 1 atom stereocenters. The maximum atomic E-state index is 12.9. The van der Waals surface area contributed by atoms with Gasteiger partial charge in [-0.1, -0.05) is 0 Å². The van der Waals surface area contributed by atoms with Crippen molar-refractivity contribution >= 4 is 11.9 Å². The van der Waals surface area contributed by atoms with Crippen LogP contribution in [0.15, 0.2) is 23.1 Å². The number of hydrogen-bond acceptors (Lipinski definition) is 4. The second-order valence-electron chi connectivity index (χ2n) is 7.20. The highest BCUT2D eigenvalue weighted by Crippen LogP contribution is 2.41. The molecule has 1 aliphatic carbocycles. The van der Waals surface area contributed by atoms with Gasteiger partial charge in [0, 0.05) is 51.1 Å². The minimum Gasteiger partial charge on any atom is -0.364 e. The van der Waals surface area contributed by atoms with E-state index in [1.165, 1.54) is 0 Å². The summed E-state index contributed by atoms with van der Waals surface area (Å²) in [4.78, 5) is 39.0. The van der Waals surface area contributed by atoms with Gasteiger partial charge >= 0.3 is 0 Å². The van der Waals surface area contributed by atoms with Gasteiger partial charge in [0.05, 0.1) is 11.3 Å². The number of rotatable bonds is 4. The molecule has 0 spiro atoms. The minimum absolute atomic E-state index is 0.0864. The number of anilines is 1. The number of likely N-dealkylation sites (tertiary alicyclic amines) is 1. The second kappa shape index (κ2) is 6.06. The van der Waals surface area contributed by atoms with E-state index >= 15 is 0 Å². The van der Waals surface area contributed by atoms with Gasteiger partial charge in [0.25, 0.3) is 11.5 Å². The molecule has 132 valence electrons. The lowest BCUT2D eigenvalue weighted by atomic mass is 10.0. The monoisotopic (exact) mass is 341 g/mol. The van der Waals surface area contributed by atoms with Crippen LogP contribution < -0.4 is 10.5 Å². The van der Waals surface area contributed by atoms with Crippen LogP contribution in [0.25, 0.3) is 0 Å². The molecule has 2 aliphatic rings. The summed E-state index contributed by atoms with van der Waals surface area (Å²) < 4.78 is 0. The molecule has 2 aromatic rings. The highest BCUT2D eigenvalue weighted by molar-refractivity contribution is 5.96. The molecule has 1 unspecified atom stereocenters. The fraction of sp³-hybridized carbons (Fsp3) is 0.500. The van der Waals surface area contributed by atoms with Gasteiger partial charge in [-0.05, 0) is 31.2 Å². The molecule has 0 bridgehead atoms. The van der Waals surface area contributed by atoms with Crippen molar-refractivity contribution in [3.05, 3.63) is 45.6 Å². The summed E-state index contributed by atoms with van der Waals surface area (Å²) in [5.41, 5.74) is 2.49. The van der Waals surface area contributed by atoms with Gasteiger partial charge in [-0.25, -0.2) is 4.98 Å². The van der Waals surface area contributed by atoms with Gasteiger partial charge in [-0.2, -0.15) is 0 Å². The van der Waals surface area contributed by atoms with E-state index in [9.17, 15) is 9.59 Å². The predicted octanol–water partition coefficient (Wildman–Crippen LogP) is 1.67. The van der Waals surface area contributed by atoms with E-state index in [0.717, 1.165) is 36.2 Å². The van der Waals surface area contributed by atoms with Crippen LogP contribution >= 0.6 is 0 Å². The Bertz CT molecular complexity index is 849. The van der Waals surface area contributed by atoms with Crippen molar-refractivity contribution in [2.75, 3.05) is 32.1 Å². The lowest BCUT2D eigenvalue weighted by Gasteiger charge is -2.17. The van der Waals surface area contributed by atoms with Crippen LogP contribution in [0.1, 0.15) is 52.8 Å². The zero-order valence-corrected chi connectivity index (χ0v) is 14.6. The van der Waals surface area contributed by atoms with Crippen LogP contribution in [0.4, 0.5) is 5.95 Å². The molecule has 1 amide bonds. The molecule has 7 nitrogen and oxygen atoms in total.